The fraction of sp³-hybridized carbons (Fsp3) is 0.833. The molecule has 0 aromatic rings. The van der Waals surface area contributed by atoms with Crippen LogP contribution in [0.2, 0.25) is 0 Å². The average Bonchev–Trinajstić information content (AvgIpc) is 3.30. The number of carbonyl (C=O) groups excluding carboxylic acids is 2. The second kappa shape index (κ2) is 5.45. The molecule has 6 aliphatic rings. The third-order valence-corrected chi connectivity index (χ3v) is 10.9. The zero-order chi connectivity index (χ0) is 19.5. The van der Waals surface area contributed by atoms with Gasteiger partial charge in [-0.05, 0) is 79.6 Å². The Balaban J connectivity index is 1.44. The van der Waals surface area contributed by atoms with Gasteiger partial charge in [-0.1, -0.05) is 19.4 Å². The van der Waals surface area contributed by atoms with E-state index >= 15 is 0 Å². The molecular formula is C24H31ClO3. The summed E-state index contributed by atoms with van der Waals surface area (Å²) in [7, 11) is 0. The normalized spacial score (nSPS) is 56.5. The van der Waals surface area contributed by atoms with Crippen molar-refractivity contribution in [1.29, 1.82) is 0 Å². The van der Waals surface area contributed by atoms with Crippen LogP contribution < -0.4 is 0 Å². The number of ether oxygens (including phenoxy) is 1. The van der Waals surface area contributed by atoms with Gasteiger partial charge in [-0.3, -0.25) is 9.59 Å². The van der Waals surface area contributed by atoms with Crippen LogP contribution in [0.3, 0.4) is 0 Å². The van der Waals surface area contributed by atoms with Crippen LogP contribution in [0, 0.1) is 46.3 Å². The van der Waals surface area contributed by atoms with E-state index in [-0.39, 0.29) is 22.4 Å². The maximum absolute atomic E-state index is 12.2. The van der Waals surface area contributed by atoms with Gasteiger partial charge in [0.15, 0.2) is 5.78 Å². The number of rotatable bonds is 1. The fourth-order valence-corrected chi connectivity index (χ4v) is 9.51. The van der Waals surface area contributed by atoms with Crippen molar-refractivity contribution in [2.45, 2.75) is 70.8 Å². The first-order valence-electron chi connectivity index (χ1n) is 11.4. The molecule has 4 heteroatoms. The number of ketones is 1. The zero-order valence-corrected chi connectivity index (χ0v) is 17.8. The maximum atomic E-state index is 12.2. The molecule has 0 aromatic carbocycles. The van der Waals surface area contributed by atoms with E-state index in [4.69, 9.17) is 16.3 Å². The topological polar surface area (TPSA) is 43.4 Å². The van der Waals surface area contributed by atoms with E-state index in [9.17, 15) is 9.59 Å². The van der Waals surface area contributed by atoms with Gasteiger partial charge in [0.05, 0.1) is 0 Å². The molecule has 3 nitrogen and oxygen atoms in total. The van der Waals surface area contributed by atoms with Crippen molar-refractivity contribution in [3.8, 4) is 0 Å². The van der Waals surface area contributed by atoms with Crippen molar-refractivity contribution in [2.75, 3.05) is 5.88 Å². The Bertz CT molecular complexity index is 804. The summed E-state index contributed by atoms with van der Waals surface area (Å²) in [5.74, 6) is 4.62. The van der Waals surface area contributed by atoms with Crippen LogP contribution >= 0.6 is 11.6 Å². The summed E-state index contributed by atoms with van der Waals surface area (Å²) >= 11 is 6.59. The Labute approximate surface area is 172 Å². The average molecular weight is 403 g/mol. The molecule has 5 fully saturated rings. The van der Waals surface area contributed by atoms with Crippen LogP contribution in [0.15, 0.2) is 11.6 Å². The molecule has 152 valence electrons. The summed E-state index contributed by atoms with van der Waals surface area (Å²) in [4.78, 5) is 24.3. The van der Waals surface area contributed by atoms with Crippen molar-refractivity contribution in [1.82, 2.24) is 0 Å². The largest absolute Gasteiger partial charge is 0.458 e. The number of carbonyl (C=O) groups is 2. The molecular weight excluding hydrogens is 372 g/mol. The summed E-state index contributed by atoms with van der Waals surface area (Å²) in [6.07, 6.45) is 9.78. The molecule has 1 aliphatic heterocycles. The van der Waals surface area contributed by atoms with Crippen molar-refractivity contribution < 1.29 is 14.3 Å². The number of hydrogen-bond acceptors (Lipinski definition) is 3. The summed E-state index contributed by atoms with van der Waals surface area (Å²) in [5.41, 5.74) is 1.46. The monoisotopic (exact) mass is 402 g/mol. The van der Waals surface area contributed by atoms with Crippen LogP contribution in [0.4, 0.5) is 0 Å². The van der Waals surface area contributed by atoms with Gasteiger partial charge in [0, 0.05) is 30.1 Å². The van der Waals surface area contributed by atoms with Crippen LogP contribution in [-0.2, 0) is 14.3 Å². The van der Waals surface area contributed by atoms with E-state index in [0.717, 1.165) is 25.7 Å². The molecule has 28 heavy (non-hydrogen) atoms. The highest BCUT2D eigenvalue weighted by Gasteiger charge is 2.79. The Morgan fingerprint density at radius 3 is 2.68 bits per heavy atom. The first-order chi connectivity index (χ1) is 13.3. The lowest BCUT2D eigenvalue weighted by atomic mass is 9.43. The van der Waals surface area contributed by atoms with Gasteiger partial charge < -0.3 is 4.74 Å². The first-order valence-corrected chi connectivity index (χ1v) is 11.9. The minimum atomic E-state index is -0.194. The van der Waals surface area contributed by atoms with Gasteiger partial charge in [-0.2, -0.15) is 0 Å². The van der Waals surface area contributed by atoms with Crippen LogP contribution in [0.1, 0.15) is 65.2 Å². The Kier molecular flexibility index (Phi) is 3.50. The number of esters is 1. The highest BCUT2D eigenvalue weighted by Crippen LogP contribution is 2.79. The van der Waals surface area contributed by atoms with E-state index in [2.05, 4.69) is 13.8 Å². The smallest absolute Gasteiger partial charge is 0.306 e. The molecule has 0 aromatic heterocycles. The lowest BCUT2D eigenvalue weighted by molar-refractivity contribution is -0.179. The van der Waals surface area contributed by atoms with Crippen molar-refractivity contribution in [3.63, 3.8) is 0 Å². The molecule has 1 heterocycles. The summed E-state index contributed by atoms with van der Waals surface area (Å²) in [6.45, 7) is 4.88. The van der Waals surface area contributed by atoms with Crippen molar-refractivity contribution >= 4 is 23.4 Å². The van der Waals surface area contributed by atoms with E-state index in [1.165, 1.54) is 18.4 Å². The predicted octanol–water partition coefficient (Wildman–Crippen LogP) is 4.91. The fourth-order valence-electron chi connectivity index (χ4n) is 9.20. The van der Waals surface area contributed by atoms with Gasteiger partial charge in [-0.25, -0.2) is 0 Å². The van der Waals surface area contributed by atoms with E-state index in [0.29, 0.717) is 60.0 Å². The number of alkyl halides is 1. The first kappa shape index (κ1) is 18.0. The number of allylic oxidation sites excluding steroid dienone is 1. The molecule has 1 spiro atoms. The molecule has 0 amide bonds. The third kappa shape index (κ3) is 1.94. The third-order valence-electron chi connectivity index (χ3n) is 10.5. The molecule has 1 saturated heterocycles. The molecule has 0 bridgehead atoms. The van der Waals surface area contributed by atoms with Crippen LogP contribution in [-0.4, -0.2) is 23.2 Å². The predicted molar refractivity (Wildman–Crippen MR) is 107 cm³/mol. The Hall–Kier alpha value is -0.830. The lowest BCUT2D eigenvalue weighted by Gasteiger charge is -2.62. The summed E-state index contributed by atoms with van der Waals surface area (Å²) in [5, 5.41) is 0. The van der Waals surface area contributed by atoms with Crippen LogP contribution in [0.25, 0.3) is 0 Å². The lowest BCUT2D eigenvalue weighted by Crippen LogP contribution is -2.59. The minimum Gasteiger partial charge on any atom is -0.458 e. The number of fused-ring (bicyclic) bond motifs is 9. The van der Waals surface area contributed by atoms with Crippen molar-refractivity contribution in [3.05, 3.63) is 11.6 Å². The van der Waals surface area contributed by atoms with Gasteiger partial charge >= 0.3 is 5.97 Å². The summed E-state index contributed by atoms with van der Waals surface area (Å²) in [6, 6.07) is 0. The molecule has 5 aliphatic carbocycles. The molecule has 9 atom stereocenters. The Morgan fingerprint density at radius 1 is 1.14 bits per heavy atom. The standard InChI is InChI=1S/C24H31ClO3/c1-22-6-3-15(26)10-14(22)9-13(12-25)20-17(22)4-7-23(2)21(20)16-11-18(16)24(23)8-5-19(27)28-24/h10,13,16-18,20-21H,3-9,11-12H2,1-2H3/t13?,16?,17?,18-,20?,21?,22-,23-,24-/m0/s1. The second-order valence-corrected chi connectivity index (χ2v) is 11.5. The summed E-state index contributed by atoms with van der Waals surface area (Å²) < 4.78 is 6.20. The molecule has 6 rings (SSSR count). The van der Waals surface area contributed by atoms with Gasteiger partial charge in [0.25, 0.3) is 0 Å². The quantitative estimate of drug-likeness (QED) is 0.462. The van der Waals surface area contributed by atoms with Gasteiger partial charge in [0.1, 0.15) is 5.60 Å². The van der Waals surface area contributed by atoms with Crippen molar-refractivity contribution in [2.24, 2.45) is 46.3 Å². The second-order valence-electron chi connectivity index (χ2n) is 11.2. The maximum Gasteiger partial charge on any atom is 0.306 e. The zero-order valence-electron chi connectivity index (χ0n) is 17.0. The molecule has 0 radical (unpaired) electrons. The number of hydrogen-bond donors (Lipinski definition) is 0. The molecule has 0 N–H and O–H groups in total. The SMILES string of the molecule is C[C@]12CCC(=O)C=C1CC(CCl)C1C2CC[C@@]2(C)C1C1C[C@@H]1[C@@]21CCC(=O)O1. The highest BCUT2D eigenvalue weighted by molar-refractivity contribution is 6.18. The van der Waals surface area contributed by atoms with Crippen LogP contribution in [0.5, 0.6) is 0 Å². The minimum absolute atomic E-state index is 0.0233. The van der Waals surface area contributed by atoms with E-state index in [1.807, 2.05) is 6.08 Å². The van der Waals surface area contributed by atoms with E-state index < -0.39 is 0 Å². The van der Waals surface area contributed by atoms with Gasteiger partial charge in [-0.15, -0.1) is 11.6 Å². The number of halogens is 1. The molecule has 5 unspecified atom stereocenters. The highest BCUT2D eigenvalue weighted by atomic mass is 35.5. The van der Waals surface area contributed by atoms with E-state index in [1.54, 1.807) is 0 Å². The van der Waals surface area contributed by atoms with Gasteiger partial charge in [0.2, 0.25) is 0 Å². The molecule has 4 saturated carbocycles. The Morgan fingerprint density at radius 2 is 1.96 bits per heavy atom.